The zero-order valence-electron chi connectivity index (χ0n) is 18.0. The lowest BCUT2D eigenvalue weighted by atomic mass is 9.75. The maximum atomic E-state index is 13.2. The standard InChI is InChI=1S/C23H20F3N3O5/c1-22-10-12(11-27-18(31)13-3-5-14(6-4-13)23(24,25)26)2-7-15(22)20(33)29(21(22)34)16-8-9-17(30)28-19(16)32/h2-7,16H,8-11H2,1H3,(H,27,31)(H,28,30,32). The van der Waals surface area contributed by atoms with Gasteiger partial charge in [-0.05, 0) is 49.6 Å². The van der Waals surface area contributed by atoms with Gasteiger partial charge >= 0.3 is 6.18 Å². The number of likely N-dealkylation sites (tertiary alicyclic amines) is 1. The zero-order chi connectivity index (χ0) is 24.8. The second-order valence-corrected chi connectivity index (χ2v) is 8.62. The average Bonchev–Trinajstić information content (AvgIpc) is 2.97. The third-order valence-corrected chi connectivity index (χ3v) is 6.27. The van der Waals surface area contributed by atoms with Crippen LogP contribution in [0.3, 0.4) is 0 Å². The number of alkyl halides is 3. The first-order valence-corrected chi connectivity index (χ1v) is 10.5. The number of rotatable bonds is 4. The number of hydrogen-bond acceptors (Lipinski definition) is 5. The Bertz CT molecular complexity index is 1170. The van der Waals surface area contributed by atoms with Crippen LogP contribution < -0.4 is 10.6 Å². The minimum atomic E-state index is -4.51. The normalized spacial score (nSPS) is 24.9. The Morgan fingerprint density at radius 1 is 1.15 bits per heavy atom. The topological polar surface area (TPSA) is 113 Å². The van der Waals surface area contributed by atoms with Crippen molar-refractivity contribution >= 4 is 29.5 Å². The molecule has 4 rings (SSSR count). The molecule has 2 aliphatic heterocycles. The van der Waals surface area contributed by atoms with Crippen LogP contribution in [0.15, 0.2) is 47.6 Å². The van der Waals surface area contributed by atoms with E-state index in [0.717, 1.165) is 29.2 Å². The summed E-state index contributed by atoms with van der Waals surface area (Å²) < 4.78 is 38.1. The predicted octanol–water partition coefficient (Wildman–Crippen LogP) is 1.87. The van der Waals surface area contributed by atoms with E-state index in [4.69, 9.17) is 0 Å². The molecule has 8 nitrogen and oxygen atoms in total. The number of halogens is 3. The number of amides is 5. The van der Waals surface area contributed by atoms with Crippen molar-refractivity contribution in [1.29, 1.82) is 0 Å². The molecule has 0 radical (unpaired) electrons. The molecule has 11 heteroatoms. The fraction of sp³-hybridized carbons (Fsp3) is 0.348. The van der Waals surface area contributed by atoms with E-state index in [1.807, 2.05) is 0 Å². The Hall–Kier alpha value is -3.76. The molecule has 0 saturated carbocycles. The van der Waals surface area contributed by atoms with Gasteiger partial charge in [-0.2, -0.15) is 13.2 Å². The first-order valence-electron chi connectivity index (χ1n) is 10.5. The summed E-state index contributed by atoms with van der Waals surface area (Å²) >= 11 is 0. The highest BCUT2D eigenvalue weighted by atomic mass is 19.4. The number of fused-ring (bicyclic) bond motifs is 1. The molecule has 0 bridgehead atoms. The number of piperidine rings is 1. The molecule has 2 atom stereocenters. The Labute approximate surface area is 191 Å². The fourth-order valence-electron chi connectivity index (χ4n) is 4.42. The van der Waals surface area contributed by atoms with Crippen molar-refractivity contribution in [1.82, 2.24) is 15.5 Å². The van der Waals surface area contributed by atoms with Gasteiger partial charge in [-0.3, -0.25) is 34.2 Å². The van der Waals surface area contributed by atoms with Crippen LogP contribution in [0.5, 0.6) is 0 Å². The molecule has 1 aromatic carbocycles. The van der Waals surface area contributed by atoms with Gasteiger partial charge in [0, 0.05) is 24.1 Å². The molecule has 5 amide bonds. The van der Waals surface area contributed by atoms with Gasteiger partial charge in [-0.25, -0.2) is 0 Å². The van der Waals surface area contributed by atoms with Crippen molar-refractivity contribution in [2.45, 2.75) is 38.4 Å². The van der Waals surface area contributed by atoms with Crippen LogP contribution in [0.1, 0.15) is 42.1 Å². The monoisotopic (exact) mass is 475 g/mol. The van der Waals surface area contributed by atoms with E-state index >= 15 is 0 Å². The molecular weight excluding hydrogens is 455 g/mol. The van der Waals surface area contributed by atoms with Crippen molar-refractivity contribution in [3.63, 3.8) is 0 Å². The molecule has 2 unspecified atom stereocenters. The molecule has 178 valence electrons. The fourth-order valence-corrected chi connectivity index (χ4v) is 4.42. The van der Waals surface area contributed by atoms with E-state index < -0.39 is 52.7 Å². The zero-order valence-corrected chi connectivity index (χ0v) is 18.0. The molecule has 2 N–H and O–H groups in total. The minimum Gasteiger partial charge on any atom is -0.348 e. The SMILES string of the molecule is CC12CC(CNC(=O)c3ccc(C(F)(F)F)cc3)=CC=C1C(=O)N(C1CCC(=O)NC1=O)C2=O. The number of carbonyl (C=O) groups is 5. The predicted molar refractivity (Wildman–Crippen MR) is 111 cm³/mol. The smallest absolute Gasteiger partial charge is 0.348 e. The number of benzene rings is 1. The molecule has 2 fully saturated rings. The van der Waals surface area contributed by atoms with Crippen LogP contribution in [-0.2, 0) is 25.4 Å². The van der Waals surface area contributed by atoms with Crippen LogP contribution >= 0.6 is 0 Å². The third kappa shape index (κ3) is 4.02. The molecule has 0 spiro atoms. The van der Waals surface area contributed by atoms with Gasteiger partial charge in [0.1, 0.15) is 6.04 Å². The van der Waals surface area contributed by atoms with Crippen LogP contribution in [0.2, 0.25) is 0 Å². The van der Waals surface area contributed by atoms with Crippen molar-refractivity contribution in [2.75, 3.05) is 6.54 Å². The molecule has 34 heavy (non-hydrogen) atoms. The van der Waals surface area contributed by atoms with Crippen LogP contribution in [0.4, 0.5) is 13.2 Å². The summed E-state index contributed by atoms with van der Waals surface area (Å²) in [6.07, 6.45) is -1.25. The lowest BCUT2D eigenvalue weighted by molar-refractivity contribution is -0.152. The van der Waals surface area contributed by atoms with Crippen molar-refractivity contribution < 1.29 is 37.1 Å². The third-order valence-electron chi connectivity index (χ3n) is 6.27. The van der Waals surface area contributed by atoms with Crippen LogP contribution in [-0.4, -0.2) is 47.0 Å². The van der Waals surface area contributed by atoms with E-state index in [2.05, 4.69) is 10.6 Å². The first kappa shape index (κ1) is 23.4. The van der Waals surface area contributed by atoms with Crippen LogP contribution in [0.25, 0.3) is 0 Å². The first-order chi connectivity index (χ1) is 15.9. The number of imide groups is 2. The summed E-state index contributed by atoms with van der Waals surface area (Å²) in [4.78, 5) is 63.0. The van der Waals surface area contributed by atoms with Crippen molar-refractivity contribution in [2.24, 2.45) is 5.41 Å². The van der Waals surface area contributed by atoms with Gasteiger partial charge < -0.3 is 5.32 Å². The number of hydrogen-bond donors (Lipinski definition) is 2. The number of allylic oxidation sites excluding steroid dienone is 2. The number of nitrogens with one attached hydrogen (secondary N) is 2. The van der Waals surface area contributed by atoms with Gasteiger partial charge in [0.05, 0.1) is 11.0 Å². The molecule has 1 aromatic rings. The largest absolute Gasteiger partial charge is 0.416 e. The summed E-state index contributed by atoms with van der Waals surface area (Å²) in [6, 6.07) is 2.71. The Balaban J connectivity index is 1.44. The highest BCUT2D eigenvalue weighted by Gasteiger charge is 2.56. The molecule has 2 heterocycles. The molecule has 0 aromatic heterocycles. The van der Waals surface area contributed by atoms with Crippen molar-refractivity contribution in [3.05, 3.63) is 58.7 Å². The summed E-state index contributed by atoms with van der Waals surface area (Å²) in [5, 5.41) is 4.75. The maximum Gasteiger partial charge on any atom is 0.416 e. The molecular formula is C23H20F3N3O5. The Morgan fingerprint density at radius 2 is 1.82 bits per heavy atom. The highest BCUT2D eigenvalue weighted by Crippen LogP contribution is 2.46. The van der Waals surface area contributed by atoms with E-state index in [1.165, 1.54) is 6.08 Å². The van der Waals surface area contributed by atoms with Gasteiger partial charge in [-0.15, -0.1) is 0 Å². The highest BCUT2D eigenvalue weighted by molar-refractivity contribution is 6.20. The summed E-state index contributed by atoms with van der Waals surface area (Å²) in [5.41, 5.74) is -1.21. The lowest BCUT2D eigenvalue weighted by Gasteiger charge is -2.30. The maximum absolute atomic E-state index is 13.2. The van der Waals surface area contributed by atoms with E-state index in [0.29, 0.717) is 5.57 Å². The van der Waals surface area contributed by atoms with Crippen LogP contribution in [0, 0.1) is 5.41 Å². The summed E-state index contributed by atoms with van der Waals surface area (Å²) in [5.74, 6) is -2.90. The summed E-state index contributed by atoms with van der Waals surface area (Å²) in [6.45, 7) is 1.59. The molecule has 1 aliphatic carbocycles. The van der Waals surface area contributed by atoms with Gasteiger partial charge in [-0.1, -0.05) is 12.2 Å². The molecule has 3 aliphatic rings. The Morgan fingerprint density at radius 3 is 2.44 bits per heavy atom. The number of nitrogens with zero attached hydrogens (tertiary/aromatic N) is 1. The number of carbonyl (C=O) groups excluding carboxylic acids is 5. The summed E-state index contributed by atoms with van der Waals surface area (Å²) in [7, 11) is 0. The molecule has 2 saturated heterocycles. The quantitative estimate of drug-likeness (QED) is 0.646. The average molecular weight is 475 g/mol. The second-order valence-electron chi connectivity index (χ2n) is 8.62. The van der Waals surface area contributed by atoms with E-state index in [9.17, 15) is 37.1 Å². The minimum absolute atomic E-state index is 0.0130. The lowest BCUT2D eigenvalue weighted by Crippen LogP contribution is -2.54. The Kier molecular flexibility index (Phi) is 5.66. The van der Waals surface area contributed by atoms with E-state index in [-0.39, 0.29) is 36.9 Å². The van der Waals surface area contributed by atoms with Gasteiger partial charge in [0.15, 0.2) is 0 Å². The second kappa shape index (κ2) is 8.23. The van der Waals surface area contributed by atoms with Gasteiger partial charge in [0.2, 0.25) is 17.7 Å². The van der Waals surface area contributed by atoms with Crippen molar-refractivity contribution in [3.8, 4) is 0 Å². The van der Waals surface area contributed by atoms with E-state index in [1.54, 1.807) is 13.0 Å². The van der Waals surface area contributed by atoms with Gasteiger partial charge in [0.25, 0.3) is 11.8 Å².